The number of nitrogens with two attached hydrogens (primary N) is 1. The molecular weight excluding hydrogens is 238 g/mol. The monoisotopic (exact) mass is 253 g/mol. The molecule has 0 aliphatic heterocycles. The number of nitro groups is 1. The molecule has 0 saturated heterocycles. The van der Waals surface area contributed by atoms with Gasteiger partial charge in [-0.25, -0.2) is 0 Å². The zero-order chi connectivity index (χ0) is 13.2. The van der Waals surface area contributed by atoms with Gasteiger partial charge in [0, 0.05) is 18.2 Å². The van der Waals surface area contributed by atoms with E-state index in [1.165, 1.54) is 12.1 Å². The summed E-state index contributed by atoms with van der Waals surface area (Å²) in [5.74, 6) is 0. The normalized spacial score (nSPS) is 10.4. The van der Waals surface area contributed by atoms with Crippen LogP contribution in [0, 0.1) is 17.0 Å². The van der Waals surface area contributed by atoms with Crippen molar-refractivity contribution in [2.24, 2.45) is 5.73 Å². The van der Waals surface area contributed by atoms with Gasteiger partial charge in [-0.05, 0) is 38.6 Å². The first-order valence-corrected chi connectivity index (χ1v) is 5.59. The average Bonchev–Trinajstić information content (AvgIpc) is 2.19. The number of thiocarbonyl (C=S) groups is 1. The summed E-state index contributed by atoms with van der Waals surface area (Å²) in [6.07, 6.45) is 0. The van der Waals surface area contributed by atoms with E-state index in [-0.39, 0.29) is 16.8 Å². The molecule has 5 nitrogen and oxygen atoms in total. The standard InChI is InChI=1S/C11H15N3O2S/c1-7(2)13(11(12)17)10-6-9(14(15)16)5-4-8(10)3/h4-7H,1-3H3,(H2,12,17). The van der Waals surface area contributed by atoms with Crippen LogP contribution in [0.5, 0.6) is 0 Å². The van der Waals surface area contributed by atoms with E-state index in [0.717, 1.165) is 5.56 Å². The van der Waals surface area contributed by atoms with Gasteiger partial charge in [0.15, 0.2) is 5.11 Å². The lowest BCUT2D eigenvalue weighted by atomic mass is 10.1. The summed E-state index contributed by atoms with van der Waals surface area (Å²) in [4.78, 5) is 12.0. The Kier molecular flexibility index (Phi) is 4.01. The minimum Gasteiger partial charge on any atom is -0.376 e. The van der Waals surface area contributed by atoms with E-state index in [1.54, 1.807) is 11.0 Å². The number of aryl methyl sites for hydroxylation is 1. The van der Waals surface area contributed by atoms with Crippen LogP contribution in [0.15, 0.2) is 18.2 Å². The smallest absolute Gasteiger partial charge is 0.271 e. The Morgan fingerprint density at radius 2 is 2.12 bits per heavy atom. The Hall–Kier alpha value is -1.69. The molecule has 2 N–H and O–H groups in total. The van der Waals surface area contributed by atoms with E-state index in [1.807, 2.05) is 20.8 Å². The molecule has 0 aliphatic carbocycles. The van der Waals surface area contributed by atoms with Gasteiger partial charge in [0.1, 0.15) is 0 Å². The molecule has 0 fully saturated rings. The largest absolute Gasteiger partial charge is 0.376 e. The van der Waals surface area contributed by atoms with E-state index < -0.39 is 4.92 Å². The Balaban J connectivity index is 3.31. The van der Waals surface area contributed by atoms with E-state index in [2.05, 4.69) is 0 Å². The second-order valence-electron chi connectivity index (χ2n) is 4.03. The van der Waals surface area contributed by atoms with Crippen molar-refractivity contribution in [3.63, 3.8) is 0 Å². The van der Waals surface area contributed by atoms with Crippen molar-refractivity contribution in [3.05, 3.63) is 33.9 Å². The molecule has 1 aromatic carbocycles. The van der Waals surface area contributed by atoms with Crippen LogP contribution in [0.3, 0.4) is 0 Å². The molecule has 1 aromatic rings. The van der Waals surface area contributed by atoms with Crippen molar-refractivity contribution < 1.29 is 4.92 Å². The van der Waals surface area contributed by atoms with Gasteiger partial charge < -0.3 is 10.6 Å². The highest BCUT2D eigenvalue weighted by molar-refractivity contribution is 7.80. The maximum absolute atomic E-state index is 10.7. The van der Waals surface area contributed by atoms with Gasteiger partial charge in [0.25, 0.3) is 5.69 Å². The van der Waals surface area contributed by atoms with Gasteiger partial charge in [-0.1, -0.05) is 6.07 Å². The SMILES string of the molecule is Cc1ccc([N+](=O)[O-])cc1N(C(N)=S)C(C)C. The first-order valence-electron chi connectivity index (χ1n) is 5.18. The van der Waals surface area contributed by atoms with Crippen molar-refractivity contribution in [3.8, 4) is 0 Å². The molecule has 17 heavy (non-hydrogen) atoms. The average molecular weight is 253 g/mol. The van der Waals surface area contributed by atoms with Gasteiger partial charge in [0.2, 0.25) is 0 Å². The van der Waals surface area contributed by atoms with Gasteiger partial charge >= 0.3 is 0 Å². The second kappa shape index (κ2) is 5.09. The third-order valence-corrected chi connectivity index (χ3v) is 2.61. The lowest BCUT2D eigenvalue weighted by Gasteiger charge is -2.28. The Morgan fingerprint density at radius 1 is 1.53 bits per heavy atom. The molecule has 0 bridgehead atoms. The third-order valence-electron chi connectivity index (χ3n) is 2.42. The molecule has 0 unspecified atom stereocenters. The molecule has 0 amide bonds. The van der Waals surface area contributed by atoms with Gasteiger partial charge in [-0.2, -0.15) is 0 Å². The lowest BCUT2D eigenvalue weighted by molar-refractivity contribution is -0.384. The molecule has 0 heterocycles. The van der Waals surface area contributed by atoms with Gasteiger partial charge in [-0.15, -0.1) is 0 Å². The first kappa shape index (κ1) is 13.4. The maximum Gasteiger partial charge on any atom is 0.271 e. The topological polar surface area (TPSA) is 72.4 Å². The summed E-state index contributed by atoms with van der Waals surface area (Å²) < 4.78 is 0. The van der Waals surface area contributed by atoms with E-state index >= 15 is 0 Å². The quantitative estimate of drug-likeness (QED) is 0.508. The van der Waals surface area contributed by atoms with Crippen LogP contribution in [0.4, 0.5) is 11.4 Å². The first-order chi connectivity index (χ1) is 7.84. The number of non-ortho nitro benzene ring substituents is 1. The number of rotatable bonds is 3. The van der Waals surface area contributed by atoms with Crippen LogP contribution in [-0.4, -0.2) is 16.1 Å². The molecule has 92 valence electrons. The van der Waals surface area contributed by atoms with Crippen LogP contribution in [0.1, 0.15) is 19.4 Å². The number of nitro benzene ring substituents is 1. The van der Waals surface area contributed by atoms with Gasteiger partial charge in [-0.3, -0.25) is 10.1 Å². The van der Waals surface area contributed by atoms with Crippen LogP contribution in [-0.2, 0) is 0 Å². The zero-order valence-electron chi connectivity index (χ0n) is 10.0. The summed E-state index contributed by atoms with van der Waals surface area (Å²) in [5, 5.41) is 11.0. The third kappa shape index (κ3) is 2.91. The van der Waals surface area contributed by atoms with Crippen molar-refractivity contribution in [2.75, 3.05) is 4.90 Å². The fraction of sp³-hybridized carbons (Fsp3) is 0.364. The zero-order valence-corrected chi connectivity index (χ0v) is 10.8. The molecule has 0 radical (unpaired) electrons. The molecule has 0 aromatic heterocycles. The van der Waals surface area contributed by atoms with Crippen molar-refractivity contribution in [1.29, 1.82) is 0 Å². The van der Waals surface area contributed by atoms with Crippen LogP contribution in [0.25, 0.3) is 0 Å². The minimum absolute atomic E-state index is 0.0347. The summed E-state index contributed by atoms with van der Waals surface area (Å²) in [7, 11) is 0. The Bertz CT molecular complexity index is 460. The van der Waals surface area contributed by atoms with Gasteiger partial charge in [0.05, 0.1) is 10.6 Å². The molecule has 6 heteroatoms. The highest BCUT2D eigenvalue weighted by atomic mass is 32.1. The number of hydrogen-bond donors (Lipinski definition) is 1. The molecule has 0 atom stereocenters. The van der Waals surface area contributed by atoms with Crippen molar-refractivity contribution in [1.82, 2.24) is 0 Å². The second-order valence-corrected chi connectivity index (χ2v) is 4.45. The summed E-state index contributed by atoms with van der Waals surface area (Å²) in [6.45, 7) is 5.72. The fourth-order valence-corrected chi connectivity index (χ4v) is 1.93. The van der Waals surface area contributed by atoms with E-state index in [9.17, 15) is 10.1 Å². The maximum atomic E-state index is 10.7. The van der Waals surface area contributed by atoms with Crippen LogP contribution >= 0.6 is 12.2 Å². The lowest BCUT2D eigenvalue weighted by Crippen LogP contribution is -2.41. The highest BCUT2D eigenvalue weighted by Gasteiger charge is 2.18. The molecular formula is C11H15N3O2S. The Labute approximate surface area is 105 Å². The minimum atomic E-state index is -0.430. The number of benzene rings is 1. The molecule has 0 spiro atoms. The Morgan fingerprint density at radius 3 is 2.53 bits per heavy atom. The van der Waals surface area contributed by atoms with Crippen molar-refractivity contribution in [2.45, 2.75) is 26.8 Å². The highest BCUT2D eigenvalue weighted by Crippen LogP contribution is 2.26. The van der Waals surface area contributed by atoms with E-state index in [4.69, 9.17) is 18.0 Å². The fourth-order valence-electron chi connectivity index (χ4n) is 1.62. The predicted octanol–water partition coefficient (Wildman–Crippen LogP) is 2.36. The van der Waals surface area contributed by atoms with E-state index in [0.29, 0.717) is 5.69 Å². The predicted molar refractivity (Wildman–Crippen MR) is 72.2 cm³/mol. The number of anilines is 1. The molecule has 0 aliphatic rings. The van der Waals surface area contributed by atoms with Crippen LogP contribution < -0.4 is 10.6 Å². The molecule has 0 saturated carbocycles. The van der Waals surface area contributed by atoms with Crippen molar-refractivity contribution >= 4 is 28.7 Å². The van der Waals surface area contributed by atoms with Crippen LogP contribution in [0.2, 0.25) is 0 Å². The number of nitrogens with zero attached hydrogens (tertiary/aromatic N) is 2. The molecule has 1 rings (SSSR count). The summed E-state index contributed by atoms with van der Waals surface area (Å²) in [5.41, 5.74) is 7.27. The summed E-state index contributed by atoms with van der Waals surface area (Å²) in [6, 6.07) is 4.71. The number of hydrogen-bond acceptors (Lipinski definition) is 3. The summed E-state index contributed by atoms with van der Waals surface area (Å²) >= 11 is 4.98.